The molecule has 2 aliphatic rings. The molecule has 2 saturated heterocycles. The van der Waals surface area contributed by atoms with Crippen molar-refractivity contribution < 1.29 is 9.47 Å². The molecule has 0 amide bonds. The number of anilines is 6. The first kappa shape index (κ1) is 32.9. The molecule has 12 nitrogen and oxygen atoms in total. The predicted molar refractivity (Wildman–Crippen MR) is 193 cm³/mol. The minimum Gasteiger partial charge on any atom is -0.494 e. The summed E-state index contributed by atoms with van der Waals surface area (Å²) in [5.41, 5.74) is 6.66. The SMILES string of the molecule is CCc1cc(Nc2ncc(OC)c(Nc3ccc4nccnc4c3N(C)SC)n2)c(OC)cc1N1CCC(N2CCN(C)CC2)CC1. The number of hydrogen-bond donors (Lipinski definition) is 2. The normalized spacial score (nSPS) is 16.3. The fourth-order valence-corrected chi connectivity index (χ4v) is 6.94. The van der Waals surface area contributed by atoms with Crippen LogP contribution in [-0.2, 0) is 6.42 Å². The molecule has 0 radical (unpaired) electrons. The summed E-state index contributed by atoms with van der Waals surface area (Å²) in [6, 6.07) is 8.94. The second-order valence-corrected chi connectivity index (χ2v) is 12.9. The lowest BCUT2D eigenvalue weighted by Gasteiger charge is -2.43. The quantitative estimate of drug-likeness (QED) is 0.201. The highest BCUT2D eigenvalue weighted by molar-refractivity contribution is 7.99. The van der Waals surface area contributed by atoms with Gasteiger partial charge in [-0.05, 0) is 50.1 Å². The first-order valence-electron chi connectivity index (χ1n) is 16.3. The van der Waals surface area contributed by atoms with Gasteiger partial charge in [-0.3, -0.25) is 14.9 Å². The molecule has 0 unspecified atom stereocenters. The van der Waals surface area contributed by atoms with E-state index in [1.807, 2.05) is 25.4 Å². The molecular weight excluding hydrogens is 613 g/mol. The standard InChI is InChI=1S/C34H46N10O2S/c1-7-23-20-27(29(45-4)21-28(23)44-14-10-24(11-15-44)43-18-16-41(2)17-19-43)39-34-37-22-30(46-5)33(40-34)38-26-9-8-25-31(36-13-12-35-25)32(26)42(3)47-6/h8-9,12-13,20-22,24H,7,10-11,14-19H2,1-6H3,(H2,37,38,39,40). The maximum atomic E-state index is 5.92. The van der Waals surface area contributed by atoms with E-state index in [-0.39, 0.29) is 0 Å². The molecule has 0 spiro atoms. The van der Waals surface area contributed by atoms with Crippen LogP contribution in [0.2, 0.25) is 0 Å². The number of benzene rings is 2. The summed E-state index contributed by atoms with van der Waals surface area (Å²) in [5.74, 6) is 2.22. The predicted octanol–water partition coefficient (Wildman–Crippen LogP) is 5.42. The zero-order chi connectivity index (χ0) is 32.9. The molecule has 2 aromatic carbocycles. The zero-order valence-electron chi connectivity index (χ0n) is 28.3. The highest BCUT2D eigenvalue weighted by atomic mass is 32.2. The van der Waals surface area contributed by atoms with Gasteiger partial charge in [0.1, 0.15) is 11.3 Å². The second kappa shape index (κ2) is 14.8. The number of fused-ring (bicyclic) bond motifs is 1. The van der Waals surface area contributed by atoms with Crippen molar-refractivity contribution in [1.82, 2.24) is 29.7 Å². The van der Waals surface area contributed by atoms with Crippen LogP contribution in [0.4, 0.5) is 34.5 Å². The van der Waals surface area contributed by atoms with Crippen LogP contribution in [0.1, 0.15) is 25.3 Å². The Balaban J connectivity index is 1.23. The number of nitrogens with one attached hydrogen (secondary N) is 2. The molecule has 4 heterocycles. The van der Waals surface area contributed by atoms with Gasteiger partial charge in [0.05, 0.1) is 43.0 Å². The van der Waals surface area contributed by atoms with E-state index >= 15 is 0 Å². The van der Waals surface area contributed by atoms with Crippen molar-refractivity contribution >= 4 is 57.5 Å². The Kier molecular flexibility index (Phi) is 10.3. The van der Waals surface area contributed by atoms with Crippen molar-refractivity contribution in [1.29, 1.82) is 0 Å². The topological polar surface area (TPSA) is 107 Å². The van der Waals surface area contributed by atoms with Crippen molar-refractivity contribution in [3.8, 4) is 11.5 Å². The van der Waals surface area contributed by atoms with Crippen molar-refractivity contribution in [3.05, 3.63) is 48.4 Å². The number of methoxy groups -OCH3 is 2. The van der Waals surface area contributed by atoms with Gasteiger partial charge >= 0.3 is 0 Å². The van der Waals surface area contributed by atoms with E-state index in [2.05, 4.69) is 70.7 Å². The summed E-state index contributed by atoms with van der Waals surface area (Å²) in [5, 5.41) is 6.90. The number of aromatic nitrogens is 4. The fraction of sp³-hybridized carbons (Fsp3) is 0.471. The van der Waals surface area contributed by atoms with E-state index in [9.17, 15) is 0 Å². The number of piperidine rings is 1. The molecule has 2 N–H and O–H groups in total. The van der Waals surface area contributed by atoms with E-state index in [0.717, 1.165) is 66.4 Å². The van der Waals surface area contributed by atoms with Crippen LogP contribution in [0, 0.1) is 0 Å². The fourth-order valence-electron chi connectivity index (χ4n) is 6.57. The molecule has 2 fully saturated rings. The lowest BCUT2D eigenvalue weighted by molar-refractivity contribution is 0.0982. The molecule has 0 aliphatic carbocycles. The van der Waals surface area contributed by atoms with Crippen LogP contribution in [0.3, 0.4) is 0 Å². The van der Waals surface area contributed by atoms with Gasteiger partial charge in [-0.15, -0.1) is 0 Å². The lowest BCUT2D eigenvalue weighted by Crippen LogP contribution is -2.52. The lowest BCUT2D eigenvalue weighted by atomic mass is 9.99. The number of hydrogen-bond acceptors (Lipinski definition) is 13. The minimum atomic E-state index is 0.426. The van der Waals surface area contributed by atoms with Crippen LogP contribution in [-0.4, -0.2) is 110 Å². The first-order valence-corrected chi connectivity index (χ1v) is 17.5. The van der Waals surface area contributed by atoms with E-state index < -0.39 is 0 Å². The number of piperazine rings is 1. The summed E-state index contributed by atoms with van der Waals surface area (Å²) in [4.78, 5) is 26.2. The molecule has 0 bridgehead atoms. The summed E-state index contributed by atoms with van der Waals surface area (Å²) in [7, 11) is 7.55. The largest absolute Gasteiger partial charge is 0.494 e. The molecule has 13 heteroatoms. The first-order chi connectivity index (χ1) is 22.9. The van der Waals surface area contributed by atoms with Gasteiger partial charge in [0.15, 0.2) is 11.6 Å². The van der Waals surface area contributed by atoms with Crippen LogP contribution in [0.5, 0.6) is 11.5 Å². The Morgan fingerprint density at radius 2 is 1.66 bits per heavy atom. The van der Waals surface area contributed by atoms with Crippen LogP contribution in [0.15, 0.2) is 42.9 Å². The van der Waals surface area contributed by atoms with E-state index in [4.69, 9.17) is 14.5 Å². The van der Waals surface area contributed by atoms with Crippen molar-refractivity contribution in [2.75, 3.05) is 93.7 Å². The van der Waals surface area contributed by atoms with Gasteiger partial charge < -0.3 is 34.2 Å². The van der Waals surface area contributed by atoms with Gasteiger partial charge in [0, 0.05) is 82.8 Å². The Morgan fingerprint density at radius 3 is 2.36 bits per heavy atom. The second-order valence-electron chi connectivity index (χ2n) is 12.0. The van der Waals surface area contributed by atoms with Gasteiger partial charge in [-0.25, -0.2) is 4.98 Å². The molecule has 2 aliphatic heterocycles. The molecule has 47 heavy (non-hydrogen) atoms. The van der Waals surface area contributed by atoms with Crippen molar-refractivity contribution in [2.45, 2.75) is 32.2 Å². The number of aryl methyl sites for hydroxylation is 1. The number of rotatable bonds is 11. The Morgan fingerprint density at radius 1 is 0.915 bits per heavy atom. The third-order valence-electron chi connectivity index (χ3n) is 9.32. The van der Waals surface area contributed by atoms with Crippen LogP contribution >= 0.6 is 11.9 Å². The highest BCUT2D eigenvalue weighted by Crippen LogP contribution is 2.39. The van der Waals surface area contributed by atoms with Crippen molar-refractivity contribution in [3.63, 3.8) is 0 Å². The third-order valence-corrected chi connectivity index (χ3v) is 10.0. The maximum Gasteiger partial charge on any atom is 0.229 e. The number of nitrogens with zero attached hydrogens (tertiary/aromatic N) is 8. The number of likely N-dealkylation sites (N-methyl/N-ethyl adjacent to an activating group) is 1. The Labute approximate surface area is 282 Å². The minimum absolute atomic E-state index is 0.426. The Bertz CT molecular complexity index is 1670. The highest BCUT2D eigenvalue weighted by Gasteiger charge is 2.28. The molecule has 2 aromatic heterocycles. The monoisotopic (exact) mass is 658 g/mol. The molecule has 0 saturated carbocycles. The van der Waals surface area contributed by atoms with E-state index in [1.165, 1.54) is 37.2 Å². The van der Waals surface area contributed by atoms with Gasteiger partial charge in [-0.1, -0.05) is 18.9 Å². The third kappa shape index (κ3) is 7.12. The smallest absolute Gasteiger partial charge is 0.229 e. The molecule has 6 rings (SSSR count). The average Bonchev–Trinajstić information content (AvgIpc) is 3.11. The molecular formula is C34H46N10O2S. The molecule has 0 atom stereocenters. The van der Waals surface area contributed by atoms with Crippen LogP contribution in [0.25, 0.3) is 11.0 Å². The van der Waals surface area contributed by atoms with Gasteiger partial charge in [-0.2, -0.15) is 4.98 Å². The van der Waals surface area contributed by atoms with E-state index in [0.29, 0.717) is 23.6 Å². The zero-order valence-corrected chi connectivity index (χ0v) is 29.1. The Hall–Kier alpha value is -4.07. The van der Waals surface area contributed by atoms with Gasteiger partial charge in [0.25, 0.3) is 0 Å². The summed E-state index contributed by atoms with van der Waals surface area (Å²) in [6.07, 6.45) is 10.4. The average molecular weight is 659 g/mol. The van der Waals surface area contributed by atoms with Crippen LogP contribution < -0.4 is 29.3 Å². The number of ether oxygens (including phenoxy) is 2. The van der Waals surface area contributed by atoms with Crippen molar-refractivity contribution in [2.24, 2.45) is 0 Å². The summed E-state index contributed by atoms with van der Waals surface area (Å²) >= 11 is 1.59. The maximum absolute atomic E-state index is 5.92. The summed E-state index contributed by atoms with van der Waals surface area (Å²) < 4.78 is 13.6. The van der Waals surface area contributed by atoms with E-state index in [1.54, 1.807) is 44.8 Å². The van der Waals surface area contributed by atoms with Gasteiger partial charge in [0.2, 0.25) is 5.95 Å². The summed E-state index contributed by atoms with van der Waals surface area (Å²) in [6.45, 7) is 8.97. The molecule has 250 valence electrons. The molecule has 4 aromatic rings.